The van der Waals surface area contributed by atoms with Gasteiger partial charge in [0.1, 0.15) is 11.4 Å². The first-order chi connectivity index (χ1) is 13.0. The molecule has 4 rings (SSSR count). The van der Waals surface area contributed by atoms with Crippen LogP contribution in [-0.2, 0) is 7.05 Å². The van der Waals surface area contributed by atoms with Gasteiger partial charge in [0.2, 0.25) is 0 Å². The van der Waals surface area contributed by atoms with E-state index in [-0.39, 0.29) is 17.9 Å². The van der Waals surface area contributed by atoms with E-state index in [1.54, 1.807) is 11.8 Å². The highest BCUT2D eigenvalue weighted by molar-refractivity contribution is 6.11. The van der Waals surface area contributed by atoms with E-state index in [1.807, 2.05) is 54.4 Å². The van der Waals surface area contributed by atoms with Crippen LogP contribution in [-0.4, -0.2) is 22.8 Å². The normalized spacial score (nSPS) is 16.1. The number of aryl methyl sites for hydroxylation is 1. The summed E-state index contributed by atoms with van der Waals surface area (Å²) in [6.07, 6.45) is 0. The van der Waals surface area contributed by atoms with E-state index in [0.717, 1.165) is 28.3 Å². The quantitative estimate of drug-likeness (QED) is 0.696. The molecule has 0 bridgehead atoms. The number of rotatable bonds is 4. The lowest BCUT2D eigenvalue weighted by Crippen LogP contribution is -2.30. The summed E-state index contributed by atoms with van der Waals surface area (Å²) in [5.74, 6) is 0.976. The van der Waals surface area contributed by atoms with E-state index in [2.05, 4.69) is 31.1 Å². The van der Waals surface area contributed by atoms with Crippen LogP contribution in [0.25, 0.3) is 0 Å². The molecule has 5 nitrogen and oxygen atoms in total. The van der Waals surface area contributed by atoms with Crippen LogP contribution in [0.3, 0.4) is 0 Å². The number of anilines is 1. The predicted molar refractivity (Wildman–Crippen MR) is 105 cm³/mol. The second-order valence-corrected chi connectivity index (χ2v) is 7.11. The molecule has 1 aliphatic rings. The van der Waals surface area contributed by atoms with Crippen LogP contribution in [0.5, 0.6) is 5.75 Å². The fraction of sp³-hybridized carbons (Fsp3) is 0.273. The van der Waals surface area contributed by atoms with Gasteiger partial charge in [0.25, 0.3) is 5.91 Å². The Bertz CT molecular complexity index is 975. The van der Waals surface area contributed by atoms with Crippen molar-refractivity contribution >= 4 is 11.6 Å². The zero-order chi connectivity index (χ0) is 19.1. The van der Waals surface area contributed by atoms with E-state index in [1.165, 1.54) is 0 Å². The summed E-state index contributed by atoms with van der Waals surface area (Å²) in [4.78, 5) is 15.3. The number of fused-ring (bicyclic) bond motifs is 1. The van der Waals surface area contributed by atoms with Gasteiger partial charge in [0.15, 0.2) is 0 Å². The third kappa shape index (κ3) is 2.70. The Morgan fingerprint density at radius 3 is 2.30 bits per heavy atom. The Hall–Kier alpha value is -3.08. The Balaban J connectivity index is 1.92. The van der Waals surface area contributed by atoms with Gasteiger partial charge in [-0.05, 0) is 35.7 Å². The Morgan fingerprint density at radius 2 is 1.70 bits per heavy atom. The fourth-order valence-corrected chi connectivity index (χ4v) is 3.83. The van der Waals surface area contributed by atoms with E-state index >= 15 is 0 Å². The third-order valence-corrected chi connectivity index (χ3v) is 5.08. The molecule has 5 heteroatoms. The molecule has 0 saturated carbocycles. The predicted octanol–water partition coefficient (Wildman–Crippen LogP) is 4.30. The number of amides is 1. The molecule has 1 amide bonds. The highest BCUT2D eigenvalue weighted by Gasteiger charge is 2.44. The molecule has 1 aliphatic heterocycles. The van der Waals surface area contributed by atoms with E-state index in [0.29, 0.717) is 5.69 Å². The number of benzene rings is 2. The maximum Gasteiger partial charge on any atom is 0.277 e. The number of nitrogens with zero attached hydrogens (tertiary/aromatic N) is 3. The van der Waals surface area contributed by atoms with E-state index in [4.69, 9.17) is 4.74 Å². The zero-order valence-corrected chi connectivity index (χ0v) is 16.0. The van der Waals surface area contributed by atoms with Crippen LogP contribution in [0.15, 0.2) is 54.6 Å². The number of hydrogen-bond donors (Lipinski definition) is 0. The number of ether oxygens (including phenoxy) is 1. The van der Waals surface area contributed by atoms with Crippen molar-refractivity contribution in [2.75, 3.05) is 12.0 Å². The van der Waals surface area contributed by atoms with Crippen molar-refractivity contribution < 1.29 is 9.53 Å². The monoisotopic (exact) mass is 361 g/mol. The molecule has 27 heavy (non-hydrogen) atoms. The molecule has 0 radical (unpaired) electrons. The minimum absolute atomic E-state index is 0.0223. The first kappa shape index (κ1) is 17.3. The second-order valence-electron chi connectivity index (χ2n) is 7.11. The highest BCUT2D eigenvalue weighted by Crippen LogP contribution is 2.44. The van der Waals surface area contributed by atoms with E-state index < -0.39 is 0 Å². The van der Waals surface area contributed by atoms with Gasteiger partial charge in [0, 0.05) is 18.3 Å². The number of hydrogen-bond acceptors (Lipinski definition) is 3. The SMILES string of the molecule is COc1ccc(N2C(=O)c3c(c(C(C)C)nn3C)C2c2ccccc2)cc1. The van der Waals surface area contributed by atoms with Crippen molar-refractivity contribution in [1.29, 1.82) is 0 Å². The van der Waals surface area contributed by atoms with Gasteiger partial charge >= 0.3 is 0 Å². The lowest BCUT2D eigenvalue weighted by atomic mass is 9.94. The Morgan fingerprint density at radius 1 is 1.04 bits per heavy atom. The summed E-state index contributed by atoms with van der Waals surface area (Å²) in [6, 6.07) is 17.6. The average Bonchev–Trinajstić information content (AvgIpc) is 3.18. The van der Waals surface area contributed by atoms with Crippen molar-refractivity contribution in [2.45, 2.75) is 25.8 Å². The standard InChI is InChI=1S/C22H23N3O2/c1-14(2)19-18-20(15-8-6-5-7-9-15)25(22(26)21(18)24(3)23-19)16-10-12-17(27-4)13-11-16/h5-14,20H,1-4H3. The molecular weight excluding hydrogens is 338 g/mol. The minimum Gasteiger partial charge on any atom is -0.497 e. The molecule has 0 saturated heterocycles. The van der Waals surface area contributed by atoms with Crippen molar-refractivity contribution in [3.05, 3.63) is 77.1 Å². The number of aromatic nitrogens is 2. The summed E-state index contributed by atoms with van der Waals surface area (Å²) in [5.41, 5.74) is 4.59. The molecule has 138 valence electrons. The molecule has 0 spiro atoms. The first-order valence-corrected chi connectivity index (χ1v) is 9.12. The van der Waals surface area contributed by atoms with Crippen LogP contribution in [0.2, 0.25) is 0 Å². The summed E-state index contributed by atoms with van der Waals surface area (Å²) in [5, 5.41) is 4.66. The van der Waals surface area contributed by atoms with Crippen molar-refractivity contribution in [3.8, 4) is 5.75 Å². The molecule has 0 aliphatic carbocycles. The number of carbonyl (C=O) groups is 1. The van der Waals surface area contributed by atoms with Gasteiger partial charge in [-0.2, -0.15) is 5.10 Å². The first-order valence-electron chi connectivity index (χ1n) is 9.12. The fourth-order valence-electron chi connectivity index (χ4n) is 3.83. The van der Waals surface area contributed by atoms with Crippen LogP contribution in [0, 0.1) is 0 Å². The summed E-state index contributed by atoms with van der Waals surface area (Å²) in [7, 11) is 3.49. The lowest BCUT2D eigenvalue weighted by Gasteiger charge is -2.27. The topological polar surface area (TPSA) is 47.4 Å². The number of carbonyl (C=O) groups excluding carboxylic acids is 1. The third-order valence-electron chi connectivity index (χ3n) is 5.08. The zero-order valence-electron chi connectivity index (χ0n) is 16.0. The van der Waals surface area contributed by atoms with Gasteiger partial charge in [-0.1, -0.05) is 44.2 Å². The van der Waals surface area contributed by atoms with Crippen molar-refractivity contribution in [3.63, 3.8) is 0 Å². The number of methoxy groups -OCH3 is 1. The molecular formula is C22H23N3O2. The van der Waals surface area contributed by atoms with Gasteiger partial charge in [-0.3, -0.25) is 14.4 Å². The summed E-state index contributed by atoms with van der Waals surface area (Å²) >= 11 is 0. The van der Waals surface area contributed by atoms with E-state index in [9.17, 15) is 4.79 Å². The van der Waals surface area contributed by atoms with Gasteiger partial charge in [0.05, 0.1) is 18.8 Å². The van der Waals surface area contributed by atoms with Crippen LogP contribution < -0.4 is 9.64 Å². The maximum absolute atomic E-state index is 13.4. The van der Waals surface area contributed by atoms with Gasteiger partial charge in [-0.25, -0.2) is 0 Å². The average molecular weight is 361 g/mol. The van der Waals surface area contributed by atoms with Crippen LogP contribution in [0.4, 0.5) is 5.69 Å². The van der Waals surface area contributed by atoms with Gasteiger partial charge < -0.3 is 4.74 Å². The molecule has 3 aromatic rings. The second kappa shape index (κ2) is 6.58. The molecule has 0 fully saturated rings. The van der Waals surface area contributed by atoms with Crippen molar-refractivity contribution in [1.82, 2.24) is 9.78 Å². The minimum atomic E-state index is -0.187. The van der Waals surface area contributed by atoms with Gasteiger partial charge in [-0.15, -0.1) is 0 Å². The largest absolute Gasteiger partial charge is 0.497 e. The molecule has 1 unspecified atom stereocenters. The molecule has 1 aromatic heterocycles. The smallest absolute Gasteiger partial charge is 0.277 e. The molecule has 2 heterocycles. The van der Waals surface area contributed by atoms with Crippen LogP contribution in [0.1, 0.15) is 53.1 Å². The Kier molecular flexibility index (Phi) is 4.22. The lowest BCUT2D eigenvalue weighted by molar-refractivity contribution is 0.0985. The highest BCUT2D eigenvalue weighted by atomic mass is 16.5. The molecule has 2 aromatic carbocycles. The molecule has 1 atom stereocenters. The maximum atomic E-state index is 13.4. The van der Waals surface area contributed by atoms with Crippen LogP contribution >= 0.6 is 0 Å². The molecule has 0 N–H and O–H groups in total. The Labute approximate surface area is 159 Å². The van der Waals surface area contributed by atoms with Crippen molar-refractivity contribution in [2.24, 2.45) is 7.05 Å². The summed E-state index contributed by atoms with van der Waals surface area (Å²) < 4.78 is 7.00. The summed E-state index contributed by atoms with van der Waals surface area (Å²) in [6.45, 7) is 4.23.